The van der Waals surface area contributed by atoms with Gasteiger partial charge in [0, 0.05) is 49.7 Å². The van der Waals surface area contributed by atoms with Crippen LogP contribution in [0.4, 0.5) is 5.69 Å². The molecular formula is C21H25N6OS+. The molecule has 150 valence electrons. The van der Waals surface area contributed by atoms with Crippen molar-refractivity contribution in [3.05, 3.63) is 60.2 Å². The molecule has 0 radical (unpaired) electrons. The van der Waals surface area contributed by atoms with E-state index in [1.54, 1.807) is 0 Å². The summed E-state index contributed by atoms with van der Waals surface area (Å²) in [5, 5.41) is 9.23. The van der Waals surface area contributed by atoms with E-state index >= 15 is 0 Å². The smallest absolute Gasteiger partial charge is 0.233 e. The highest BCUT2D eigenvalue weighted by Gasteiger charge is 2.22. The maximum atomic E-state index is 12.7. The van der Waals surface area contributed by atoms with Gasteiger partial charge in [-0.3, -0.25) is 9.36 Å². The minimum absolute atomic E-state index is 0.146. The lowest BCUT2D eigenvalue weighted by molar-refractivity contribution is -0.377. The van der Waals surface area contributed by atoms with Crippen LogP contribution in [0, 0.1) is 13.8 Å². The molecule has 8 heteroatoms. The quantitative estimate of drug-likeness (QED) is 0.604. The van der Waals surface area contributed by atoms with Crippen molar-refractivity contribution in [3.8, 4) is 5.69 Å². The fraction of sp³-hybridized carbons (Fsp3) is 0.333. The lowest BCUT2D eigenvalue weighted by atomic mass is 10.2. The average Bonchev–Trinajstić information content (AvgIpc) is 3.13. The van der Waals surface area contributed by atoms with Gasteiger partial charge in [-0.05, 0) is 26.0 Å². The van der Waals surface area contributed by atoms with E-state index in [1.165, 1.54) is 23.0 Å². The Hall–Kier alpha value is -2.87. The summed E-state index contributed by atoms with van der Waals surface area (Å²) >= 11 is 1.45. The number of pyridine rings is 1. The standard InChI is InChI=1S/C21H24N6OS/c1-16-3-5-19(6-4-16)27-17(2)23-24-21(27)29-15-20(28)26-13-11-25(12-14-26)18-7-9-22-10-8-18/h3-10H,11-15H2,1-2H3/p+1. The van der Waals surface area contributed by atoms with Crippen LogP contribution in [0.2, 0.25) is 0 Å². The summed E-state index contributed by atoms with van der Waals surface area (Å²) in [5.41, 5.74) is 3.41. The normalized spacial score (nSPS) is 14.3. The highest BCUT2D eigenvalue weighted by atomic mass is 32.2. The van der Waals surface area contributed by atoms with Crippen LogP contribution in [-0.2, 0) is 4.79 Å². The van der Waals surface area contributed by atoms with E-state index in [0.29, 0.717) is 5.75 Å². The zero-order chi connectivity index (χ0) is 20.2. The van der Waals surface area contributed by atoms with Crippen molar-refractivity contribution in [2.75, 3.05) is 36.8 Å². The van der Waals surface area contributed by atoms with Gasteiger partial charge in [0.2, 0.25) is 5.91 Å². The molecule has 3 aromatic rings. The highest BCUT2D eigenvalue weighted by Crippen LogP contribution is 2.23. The van der Waals surface area contributed by atoms with Crippen molar-refractivity contribution in [2.45, 2.75) is 19.0 Å². The van der Waals surface area contributed by atoms with E-state index in [1.807, 2.05) is 28.8 Å². The predicted molar refractivity (Wildman–Crippen MR) is 113 cm³/mol. The molecule has 1 aliphatic rings. The fourth-order valence-electron chi connectivity index (χ4n) is 3.45. The Morgan fingerprint density at radius 1 is 0.966 bits per heavy atom. The number of hydrogen-bond donors (Lipinski definition) is 0. The minimum Gasteiger partial charge on any atom is -0.368 e. The second-order valence-electron chi connectivity index (χ2n) is 7.12. The number of benzene rings is 1. The third kappa shape index (κ3) is 4.42. The lowest BCUT2D eigenvalue weighted by Crippen LogP contribution is -2.49. The minimum atomic E-state index is 0.146. The maximum absolute atomic E-state index is 12.7. The Labute approximate surface area is 174 Å². The Balaban J connectivity index is 1.36. The number of aromatic nitrogens is 4. The molecule has 1 aliphatic heterocycles. The molecule has 0 unspecified atom stereocenters. The Morgan fingerprint density at radius 3 is 2.34 bits per heavy atom. The number of anilines is 1. The van der Waals surface area contributed by atoms with Crippen LogP contribution < -0.4 is 9.88 Å². The Morgan fingerprint density at radius 2 is 1.66 bits per heavy atom. The molecule has 0 bridgehead atoms. The van der Waals surface area contributed by atoms with Gasteiger partial charge in [-0.2, -0.15) is 0 Å². The van der Waals surface area contributed by atoms with Crippen LogP contribution in [-0.4, -0.2) is 57.5 Å². The summed E-state index contributed by atoms with van der Waals surface area (Å²) in [6.07, 6.45) is 3.85. The van der Waals surface area contributed by atoms with Crippen LogP contribution in [0.3, 0.4) is 0 Å². The lowest BCUT2D eigenvalue weighted by Gasteiger charge is -2.35. The third-order valence-corrected chi connectivity index (χ3v) is 6.02. The number of H-pyrrole nitrogens is 1. The second-order valence-corrected chi connectivity index (χ2v) is 8.06. The molecule has 1 N–H and O–H groups in total. The van der Waals surface area contributed by atoms with E-state index in [9.17, 15) is 4.79 Å². The molecule has 2 aromatic heterocycles. The average molecular weight is 410 g/mol. The first-order valence-electron chi connectivity index (χ1n) is 9.72. The van der Waals surface area contributed by atoms with Crippen molar-refractivity contribution in [1.29, 1.82) is 0 Å². The second kappa shape index (κ2) is 8.65. The zero-order valence-corrected chi connectivity index (χ0v) is 17.5. The molecule has 1 amide bonds. The summed E-state index contributed by atoms with van der Waals surface area (Å²) in [5.74, 6) is 1.33. The summed E-state index contributed by atoms with van der Waals surface area (Å²) in [4.78, 5) is 20.0. The van der Waals surface area contributed by atoms with Gasteiger partial charge >= 0.3 is 0 Å². The summed E-state index contributed by atoms with van der Waals surface area (Å²) in [7, 11) is 0. The van der Waals surface area contributed by atoms with Crippen LogP contribution in [0.25, 0.3) is 5.69 Å². The number of hydrogen-bond acceptors (Lipinski definition) is 5. The molecule has 1 fully saturated rings. The Kier molecular flexibility index (Phi) is 5.80. The van der Waals surface area contributed by atoms with Crippen molar-refractivity contribution >= 4 is 23.4 Å². The van der Waals surface area contributed by atoms with E-state index in [0.717, 1.165) is 42.8 Å². The van der Waals surface area contributed by atoms with Gasteiger partial charge in [-0.1, -0.05) is 29.5 Å². The first-order valence-corrected chi connectivity index (χ1v) is 10.7. The third-order valence-electron chi connectivity index (χ3n) is 5.11. The number of aryl methyl sites for hydroxylation is 2. The molecule has 0 aliphatic carbocycles. The summed E-state index contributed by atoms with van der Waals surface area (Å²) in [6.45, 7) is 7.16. The molecule has 4 rings (SSSR count). The summed E-state index contributed by atoms with van der Waals surface area (Å²) < 4.78 is 2.00. The molecule has 7 nitrogen and oxygen atoms in total. The maximum Gasteiger partial charge on any atom is 0.233 e. The van der Waals surface area contributed by atoms with Gasteiger partial charge in [0.15, 0.2) is 17.6 Å². The van der Waals surface area contributed by atoms with E-state index in [4.69, 9.17) is 0 Å². The van der Waals surface area contributed by atoms with Crippen LogP contribution in [0.15, 0.2) is 53.9 Å². The van der Waals surface area contributed by atoms with E-state index < -0.39 is 0 Å². The molecule has 0 atom stereocenters. The largest absolute Gasteiger partial charge is 0.368 e. The van der Waals surface area contributed by atoms with Gasteiger partial charge in [-0.25, -0.2) is 4.98 Å². The SMILES string of the molecule is Cc1ccc(-n2c(C)nnc2SCC(=O)N2CCN(c3cc[nH+]cc3)CC2)cc1. The number of piperazine rings is 1. The predicted octanol–water partition coefficient (Wildman–Crippen LogP) is 2.14. The van der Waals surface area contributed by atoms with Crippen molar-refractivity contribution in [1.82, 2.24) is 19.7 Å². The number of thioether (sulfide) groups is 1. The van der Waals surface area contributed by atoms with Crippen LogP contribution in [0.1, 0.15) is 11.4 Å². The Bertz CT molecular complexity index is 965. The van der Waals surface area contributed by atoms with Crippen LogP contribution in [0.5, 0.6) is 0 Å². The number of carbonyl (C=O) groups excluding carboxylic acids is 1. The first kappa shape index (κ1) is 19.4. The molecular weight excluding hydrogens is 384 g/mol. The molecule has 1 saturated heterocycles. The van der Waals surface area contributed by atoms with E-state index in [2.05, 4.69) is 63.4 Å². The molecule has 29 heavy (non-hydrogen) atoms. The van der Waals surface area contributed by atoms with Gasteiger partial charge in [0.25, 0.3) is 0 Å². The molecule has 0 saturated carbocycles. The van der Waals surface area contributed by atoms with E-state index in [-0.39, 0.29) is 5.91 Å². The number of aromatic amines is 1. The number of rotatable bonds is 5. The topological polar surface area (TPSA) is 68.4 Å². The molecule has 3 heterocycles. The van der Waals surface area contributed by atoms with Gasteiger partial charge in [0.1, 0.15) is 5.82 Å². The number of carbonyl (C=O) groups is 1. The number of nitrogens with one attached hydrogen (secondary N) is 1. The van der Waals surface area contributed by atoms with Crippen molar-refractivity contribution < 1.29 is 9.78 Å². The molecule has 1 aromatic carbocycles. The highest BCUT2D eigenvalue weighted by molar-refractivity contribution is 7.99. The number of amides is 1. The fourth-order valence-corrected chi connectivity index (χ4v) is 4.35. The summed E-state index contributed by atoms with van der Waals surface area (Å²) in [6, 6.07) is 12.4. The van der Waals surface area contributed by atoms with Crippen molar-refractivity contribution in [2.24, 2.45) is 0 Å². The van der Waals surface area contributed by atoms with Gasteiger partial charge < -0.3 is 9.80 Å². The molecule has 0 spiro atoms. The monoisotopic (exact) mass is 409 g/mol. The van der Waals surface area contributed by atoms with Gasteiger partial charge in [0.05, 0.1) is 5.75 Å². The van der Waals surface area contributed by atoms with Crippen LogP contribution >= 0.6 is 11.8 Å². The van der Waals surface area contributed by atoms with Gasteiger partial charge in [-0.15, -0.1) is 10.2 Å². The zero-order valence-electron chi connectivity index (χ0n) is 16.7. The van der Waals surface area contributed by atoms with Crippen molar-refractivity contribution in [3.63, 3.8) is 0 Å². The number of nitrogens with zero attached hydrogens (tertiary/aromatic N) is 5. The first-order chi connectivity index (χ1) is 14.1.